The van der Waals surface area contributed by atoms with Crippen LogP contribution in [0.3, 0.4) is 0 Å². The molecule has 3 N–H and O–H groups in total. The van der Waals surface area contributed by atoms with Crippen LogP contribution in [0.25, 0.3) is 0 Å². The van der Waals surface area contributed by atoms with Gasteiger partial charge in [0.1, 0.15) is 0 Å². The molecule has 4 heteroatoms. The van der Waals surface area contributed by atoms with Crippen LogP contribution < -0.4 is 11.1 Å². The summed E-state index contributed by atoms with van der Waals surface area (Å²) in [6.45, 7) is 5.12. The number of carbonyl (C=O) groups excluding carboxylic acids is 1. The molecule has 4 nitrogen and oxygen atoms in total. The highest BCUT2D eigenvalue weighted by Crippen LogP contribution is 2.16. The number of benzene rings is 1. The molecular weight excluding hydrogens is 262 g/mol. The second-order valence-corrected chi connectivity index (χ2v) is 5.83. The van der Waals surface area contributed by atoms with E-state index in [1.54, 1.807) is 0 Å². The summed E-state index contributed by atoms with van der Waals surface area (Å²) >= 11 is 0. The number of amides is 1. The lowest BCUT2D eigenvalue weighted by Crippen LogP contribution is -2.45. The zero-order valence-electron chi connectivity index (χ0n) is 13.7. The maximum absolute atomic E-state index is 12.1. The summed E-state index contributed by atoms with van der Waals surface area (Å²) in [4.78, 5) is 14.3. The van der Waals surface area contributed by atoms with E-state index >= 15 is 0 Å². The predicted octanol–water partition coefficient (Wildman–Crippen LogP) is 2.29. The number of carbonyl (C=O) groups is 1. The van der Waals surface area contributed by atoms with Crippen LogP contribution in [0.1, 0.15) is 32.3 Å². The minimum atomic E-state index is 0.0672. The number of nitrogen functional groups attached to an aromatic ring is 1. The van der Waals surface area contributed by atoms with Crippen LogP contribution >= 0.6 is 0 Å². The fraction of sp³-hybridized carbons (Fsp3) is 0.588. The number of nitrogens with zero attached hydrogens (tertiary/aromatic N) is 1. The molecule has 0 aliphatic carbocycles. The SMILES string of the molecule is CCC(CC)C(CNC(=O)Cc1ccc(N)cc1)N(C)C. The number of likely N-dealkylation sites (N-methyl/N-ethyl adjacent to an activating group) is 1. The van der Waals surface area contributed by atoms with E-state index in [0.29, 0.717) is 24.9 Å². The van der Waals surface area contributed by atoms with E-state index in [9.17, 15) is 4.79 Å². The molecule has 1 unspecified atom stereocenters. The molecule has 0 saturated carbocycles. The fourth-order valence-corrected chi connectivity index (χ4v) is 2.71. The molecule has 0 aliphatic rings. The van der Waals surface area contributed by atoms with Gasteiger partial charge < -0.3 is 16.0 Å². The van der Waals surface area contributed by atoms with Gasteiger partial charge in [-0.3, -0.25) is 4.79 Å². The second-order valence-electron chi connectivity index (χ2n) is 5.83. The monoisotopic (exact) mass is 291 g/mol. The topological polar surface area (TPSA) is 58.4 Å². The van der Waals surface area contributed by atoms with Crippen LogP contribution in [-0.4, -0.2) is 37.5 Å². The third-order valence-corrected chi connectivity index (χ3v) is 4.11. The fourth-order valence-electron chi connectivity index (χ4n) is 2.71. The Morgan fingerprint density at radius 2 is 1.76 bits per heavy atom. The minimum absolute atomic E-state index is 0.0672. The molecule has 0 heterocycles. The lowest BCUT2D eigenvalue weighted by Gasteiger charge is -2.31. The molecule has 1 atom stereocenters. The predicted molar refractivity (Wildman–Crippen MR) is 89.1 cm³/mol. The first kappa shape index (κ1) is 17.5. The van der Waals surface area contributed by atoms with E-state index in [4.69, 9.17) is 5.73 Å². The first-order chi connectivity index (χ1) is 9.97. The van der Waals surface area contributed by atoms with Crippen LogP contribution in [0, 0.1) is 5.92 Å². The van der Waals surface area contributed by atoms with E-state index in [2.05, 4.69) is 38.2 Å². The van der Waals surface area contributed by atoms with E-state index in [-0.39, 0.29) is 5.91 Å². The third-order valence-electron chi connectivity index (χ3n) is 4.11. The van der Waals surface area contributed by atoms with Crippen molar-refractivity contribution in [1.82, 2.24) is 10.2 Å². The van der Waals surface area contributed by atoms with Gasteiger partial charge in [-0.15, -0.1) is 0 Å². The summed E-state index contributed by atoms with van der Waals surface area (Å²) in [5.41, 5.74) is 7.36. The number of anilines is 1. The van der Waals surface area contributed by atoms with Gasteiger partial charge in [-0.05, 0) is 37.7 Å². The lowest BCUT2D eigenvalue weighted by atomic mass is 9.93. The van der Waals surface area contributed by atoms with Crippen LogP contribution in [0.5, 0.6) is 0 Å². The van der Waals surface area contributed by atoms with E-state index < -0.39 is 0 Å². The zero-order valence-corrected chi connectivity index (χ0v) is 13.7. The molecule has 1 aromatic carbocycles. The Hall–Kier alpha value is -1.55. The summed E-state index contributed by atoms with van der Waals surface area (Å²) in [6.07, 6.45) is 2.67. The average Bonchev–Trinajstić information content (AvgIpc) is 2.45. The van der Waals surface area contributed by atoms with Gasteiger partial charge in [0.15, 0.2) is 0 Å². The van der Waals surface area contributed by atoms with Gasteiger partial charge in [-0.1, -0.05) is 38.8 Å². The molecular formula is C17H29N3O. The maximum atomic E-state index is 12.1. The number of nitrogens with two attached hydrogens (primary N) is 1. The van der Waals surface area contributed by atoms with Crippen LogP contribution in [0.4, 0.5) is 5.69 Å². The van der Waals surface area contributed by atoms with Gasteiger partial charge >= 0.3 is 0 Å². The number of nitrogens with one attached hydrogen (secondary N) is 1. The molecule has 1 aromatic rings. The van der Waals surface area contributed by atoms with Gasteiger partial charge in [-0.2, -0.15) is 0 Å². The quantitative estimate of drug-likeness (QED) is 0.723. The Balaban J connectivity index is 2.51. The number of hydrogen-bond donors (Lipinski definition) is 2. The van der Waals surface area contributed by atoms with Crippen molar-refractivity contribution in [2.75, 3.05) is 26.4 Å². The van der Waals surface area contributed by atoms with Crippen LogP contribution in [-0.2, 0) is 11.2 Å². The molecule has 1 rings (SSSR count). The average molecular weight is 291 g/mol. The Labute approximate surface area is 128 Å². The third kappa shape index (κ3) is 5.76. The van der Waals surface area contributed by atoms with E-state index in [0.717, 1.165) is 24.1 Å². The van der Waals surface area contributed by atoms with Gasteiger partial charge in [0.05, 0.1) is 6.42 Å². The van der Waals surface area contributed by atoms with Crippen LogP contribution in [0.2, 0.25) is 0 Å². The van der Waals surface area contributed by atoms with Crippen molar-refractivity contribution < 1.29 is 4.79 Å². The normalized spacial score (nSPS) is 12.7. The number of hydrogen-bond acceptors (Lipinski definition) is 3. The van der Waals surface area contributed by atoms with Crippen molar-refractivity contribution in [2.45, 2.75) is 39.2 Å². The molecule has 0 spiro atoms. The van der Waals surface area contributed by atoms with Gasteiger partial charge in [0.2, 0.25) is 5.91 Å². The second kappa shape index (κ2) is 8.67. The highest BCUT2D eigenvalue weighted by molar-refractivity contribution is 5.78. The molecule has 0 radical (unpaired) electrons. The Morgan fingerprint density at radius 1 is 1.19 bits per heavy atom. The molecule has 118 valence electrons. The standard InChI is InChI=1S/C17H29N3O/c1-5-14(6-2)16(20(3)4)12-19-17(21)11-13-7-9-15(18)10-8-13/h7-10,14,16H,5-6,11-12,18H2,1-4H3,(H,19,21). The molecule has 1 amide bonds. The van der Waals surface area contributed by atoms with Crippen molar-refractivity contribution >= 4 is 11.6 Å². The van der Waals surface area contributed by atoms with Crippen molar-refractivity contribution in [3.8, 4) is 0 Å². The highest BCUT2D eigenvalue weighted by Gasteiger charge is 2.21. The lowest BCUT2D eigenvalue weighted by molar-refractivity contribution is -0.120. The summed E-state index contributed by atoms with van der Waals surface area (Å²) in [5.74, 6) is 0.675. The summed E-state index contributed by atoms with van der Waals surface area (Å²) in [5, 5.41) is 3.06. The van der Waals surface area contributed by atoms with Crippen molar-refractivity contribution in [2.24, 2.45) is 5.92 Å². The van der Waals surface area contributed by atoms with Gasteiger partial charge in [0.25, 0.3) is 0 Å². The van der Waals surface area contributed by atoms with E-state index in [1.807, 2.05) is 24.3 Å². The smallest absolute Gasteiger partial charge is 0.224 e. The summed E-state index contributed by atoms with van der Waals surface area (Å²) < 4.78 is 0. The Morgan fingerprint density at radius 3 is 2.24 bits per heavy atom. The molecule has 21 heavy (non-hydrogen) atoms. The van der Waals surface area contributed by atoms with Crippen molar-refractivity contribution in [3.05, 3.63) is 29.8 Å². The Bertz CT molecular complexity index is 424. The highest BCUT2D eigenvalue weighted by atomic mass is 16.1. The van der Waals surface area contributed by atoms with Gasteiger partial charge in [0, 0.05) is 18.3 Å². The molecule has 0 aliphatic heterocycles. The van der Waals surface area contributed by atoms with Crippen molar-refractivity contribution in [1.29, 1.82) is 0 Å². The summed E-state index contributed by atoms with van der Waals surface area (Å²) in [6, 6.07) is 7.85. The minimum Gasteiger partial charge on any atom is -0.399 e. The largest absolute Gasteiger partial charge is 0.399 e. The maximum Gasteiger partial charge on any atom is 0.224 e. The Kier molecular flexibility index (Phi) is 7.23. The number of rotatable bonds is 8. The van der Waals surface area contributed by atoms with Gasteiger partial charge in [-0.25, -0.2) is 0 Å². The van der Waals surface area contributed by atoms with Crippen molar-refractivity contribution in [3.63, 3.8) is 0 Å². The first-order valence-corrected chi connectivity index (χ1v) is 7.75. The van der Waals surface area contributed by atoms with Crippen LogP contribution in [0.15, 0.2) is 24.3 Å². The molecule has 0 bridgehead atoms. The van der Waals surface area contributed by atoms with E-state index in [1.165, 1.54) is 0 Å². The molecule has 0 aromatic heterocycles. The first-order valence-electron chi connectivity index (χ1n) is 7.75. The molecule has 0 fully saturated rings. The summed E-state index contributed by atoms with van der Waals surface area (Å²) in [7, 11) is 4.16. The zero-order chi connectivity index (χ0) is 15.8. The molecule has 0 saturated heterocycles.